The van der Waals surface area contributed by atoms with Gasteiger partial charge in [0.15, 0.2) is 6.17 Å². The van der Waals surface area contributed by atoms with Crippen LogP contribution in [0.15, 0.2) is 54.6 Å². The Morgan fingerprint density at radius 3 is 2.12 bits per heavy atom. The summed E-state index contributed by atoms with van der Waals surface area (Å²) in [5.74, 6) is -3.37. The average Bonchev–Trinajstić information content (AvgIpc) is 3.52. The van der Waals surface area contributed by atoms with Crippen molar-refractivity contribution in [3.8, 4) is 0 Å². The van der Waals surface area contributed by atoms with Crippen LogP contribution in [0, 0.1) is 12.7 Å². The third-order valence-corrected chi connectivity index (χ3v) is 7.06. The van der Waals surface area contributed by atoms with E-state index in [4.69, 9.17) is 0 Å². The minimum absolute atomic E-state index is 0.0741. The molecule has 2 aromatic carbocycles. The number of hydrogen-bond donors (Lipinski definition) is 2. The molecule has 10 nitrogen and oxygen atoms in total. The molecule has 1 aliphatic rings. The van der Waals surface area contributed by atoms with Crippen molar-refractivity contribution in [2.24, 2.45) is 7.05 Å². The molecule has 3 aromatic rings. The monoisotopic (exact) mass is 563 g/mol. The predicted molar refractivity (Wildman–Crippen MR) is 148 cm³/mol. The second-order valence-electron chi connectivity index (χ2n) is 11.2. The number of aromatic nitrogens is 2. The van der Waals surface area contributed by atoms with Crippen LogP contribution in [0.1, 0.15) is 70.9 Å². The highest BCUT2D eigenvalue weighted by molar-refractivity contribution is 6.01. The minimum atomic E-state index is -1.36. The lowest BCUT2D eigenvalue weighted by Gasteiger charge is -2.31. The molecule has 0 spiro atoms. The number of aliphatic carboxylic acids is 1. The molecule has 2 unspecified atom stereocenters. The number of hydrogen-bond acceptors (Lipinski definition) is 5. The van der Waals surface area contributed by atoms with E-state index in [9.17, 15) is 28.7 Å². The van der Waals surface area contributed by atoms with Crippen molar-refractivity contribution in [1.82, 2.24) is 24.9 Å². The van der Waals surface area contributed by atoms with Gasteiger partial charge in [0, 0.05) is 31.1 Å². The summed E-state index contributed by atoms with van der Waals surface area (Å²) in [6.45, 7) is 7.95. The molecule has 2 atom stereocenters. The Balaban J connectivity index is 1.71. The summed E-state index contributed by atoms with van der Waals surface area (Å²) < 4.78 is 15.0. The maximum absolute atomic E-state index is 13.9. The molecule has 0 radical (unpaired) electrons. The molecule has 1 saturated heterocycles. The van der Waals surface area contributed by atoms with Crippen molar-refractivity contribution in [2.75, 3.05) is 13.1 Å². The second kappa shape index (κ2) is 11.5. The van der Waals surface area contributed by atoms with Gasteiger partial charge in [0.1, 0.15) is 11.5 Å². The average molecular weight is 564 g/mol. The van der Waals surface area contributed by atoms with Crippen LogP contribution in [-0.4, -0.2) is 67.6 Å². The van der Waals surface area contributed by atoms with Gasteiger partial charge in [0.05, 0.1) is 18.2 Å². The van der Waals surface area contributed by atoms with E-state index in [0.29, 0.717) is 16.8 Å². The van der Waals surface area contributed by atoms with Crippen LogP contribution >= 0.6 is 0 Å². The van der Waals surface area contributed by atoms with Crippen LogP contribution in [0.3, 0.4) is 0 Å². The number of carbonyl (C=O) groups excluding carboxylic acids is 3. The van der Waals surface area contributed by atoms with E-state index in [1.54, 1.807) is 37.4 Å². The molecule has 1 aromatic heterocycles. The van der Waals surface area contributed by atoms with Crippen molar-refractivity contribution in [1.29, 1.82) is 0 Å². The molecule has 1 aliphatic heterocycles. The first-order valence-electron chi connectivity index (χ1n) is 13.3. The molecule has 0 bridgehead atoms. The first-order chi connectivity index (χ1) is 19.3. The van der Waals surface area contributed by atoms with Crippen LogP contribution < -0.4 is 5.32 Å². The Bertz CT molecular complexity index is 1460. The molecule has 216 valence electrons. The molecule has 2 N–H and O–H groups in total. The highest BCUT2D eigenvalue weighted by Crippen LogP contribution is 2.26. The molecule has 11 heteroatoms. The number of carbonyl (C=O) groups is 4. The summed E-state index contributed by atoms with van der Waals surface area (Å²) >= 11 is 0. The Morgan fingerprint density at radius 2 is 1.59 bits per heavy atom. The molecule has 0 saturated carbocycles. The van der Waals surface area contributed by atoms with Gasteiger partial charge in [0.2, 0.25) is 0 Å². The number of carboxylic acids is 1. The minimum Gasteiger partial charge on any atom is -0.481 e. The molecular weight excluding hydrogens is 529 g/mol. The Labute approximate surface area is 237 Å². The number of amides is 3. The van der Waals surface area contributed by atoms with Gasteiger partial charge in [-0.15, -0.1) is 0 Å². The zero-order valence-electron chi connectivity index (χ0n) is 23.7. The van der Waals surface area contributed by atoms with Crippen molar-refractivity contribution >= 4 is 23.7 Å². The van der Waals surface area contributed by atoms with Crippen LogP contribution in [0.4, 0.5) is 4.39 Å². The molecular formula is C30H34FN5O5. The molecule has 4 rings (SSSR count). The fourth-order valence-corrected chi connectivity index (χ4v) is 4.75. The third-order valence-electron chi connectivity index (χ3n) is 7.06. The highest BCUT2D eigenvalue weighted by Gasteiger charge is 2.44. The second-order valence-corrected chi connectivity index (χ2v) is 11.2. The normalized spacial score (nSPS) is 16.0. The van der Waals surface area contributed by atoms with Crippen LogP contribution in [-0.2, 0) is 22.1 Å². The molecule has 2 heterocycles. The van der Waals surface area contributed by atoms with Crippen molar-refractivity contribution in [3.63, 3.8) is 0 Å². The number of nitrogens with zero attached hydrogens (tertiary/aromatic N) is 4. The molecule has 41 heavy (non-hydrogen) atoms. The van der Waals surface area contributed by atoms with Crippen LogP contribution in [0.2, 0.25) is 0 Å². The van der Waals surface area contributed by atoms with Crippen LogP contribution in [0.5, 0.6) is 0 Å². The Kier molecular flexibility index (Phi) is 8.27. The summed E-state index contributed by atoms with van der Waals surface area (Å²) in [5.41, 5.74) is 2.28. The summed E-state index contributed by atoms with van der Waals surface area (Å²) in [4.78, 5) is 55.6. The van der Waals surface area contributed by atoms with E-state index in [-0.39, 0.29) is 24.2 Å². The summed E-state index contributed by atoms with van der Waals surface area (Å²) in [6.07, 6.45) is -1.85. The SMILES string of the molecule is Cc1ccc(C(=O)N2CCN(C(=O)c3cc(C(C)(C)C)nn3C)C2C(=O)NC(CC(=O)O)c2ccc(F)cc2)cc1. The number of carboxylic acid groups (broad SMARTS) is 1. The smallest absolute Gasteiger partial charge is 0.305 e. The summed E-state index contributed by atoms with van der Waals surface area (Å²) in [6, 6.07) is 12.6. The zero-order valence-corrected chi connectivity index (χ0v) is 23.7. The van der Waals surface area contributed by atoms with Gasteiger partial charge >= 0.3 is 5.97 Å². The number of halogens is 1. The lowest BCUT2D eigenvalue weighted by atomic mass is 9.92. The van der Waals surface area contributed by atoms with Crippen molar-refractivity contribution in [2.45, 2.75) is 51.7 Å². The van der Waals surface area contributed by atoms with Gasteiger partial charge in [0.25, 0.3) is 17.7 Å². The van der Waals surface area contributed by atoms with Gasteiger partial charge in [-0.2, -0.15) is 5.10 Å². The largest absolute Gasteiger partial charge is 0.481 e. The maximum Gasteiger partial charge on any atom is 0.305 e. The lowest BCUT2D eigenvalue weighted by Crippen LogP contribution is -2.54. The summed E-state index contributed by atoms with van der Waals surface area (Å²) in [5, 5.41) is 16.7. The van der Waals surface area contributed by atoms with Gasteiger partial charge in [-0.3, -0.25) is 23.9 Å². The number of rotatable bonds is 7. The fourth-order valence-electron chi connectivity index (χ4n) is 4.75. The van der Waals surface area contributed by atoms with Gasteiger partial charge in [-0.1, -0.05) is 50.6 Å². The quantitative estimate of drug-likeness (QED) is 0.454. The zero-order chi connectivity index (χ0) is 30.1. The molecule has 1 fully saturated rings. The molecule has 3 amide bonds. The van der Waals surface area contributed by atoms with E-state index in [2.05, 4.69) is 10.4 Å². The topological polar surface area (TPSA) is 125 Å². The lowest BCUT2D eigenvalue weighted by molar-refractivity contribution is -0.138. The van der Waals surface area contributed by atoms with Gasteiger partial charge in [-0.25, -0.2) is 4.39 Å². The highest BCUT2D eigenvalue weighted by atomic mass is 19.1. The van der Waals surface area contributed by atoms with E-state index < -0.39 is 48.1 Å². The summed E-state index contributed by atoms with van der Waals surface area (Å²) in [7, 11) is 1.64. The predicted octanol–water partition coefficient (Wildman–Crippen LogP) is 3.42. The first-order valence-corrected chi connectivity index (χ1v) is 13.3. The number of benzene rings is 2. The fraction of sp³-hybridized carbons (Fsp3) is 0.367. The van der Waals surface area contributed by atoms with E-state index in [0.717, 1.165) is 5.56 Å². The third kappa shape index (κ3) is 6.45. The van der Waals surface area contributed by atoms with E-state index >= 15 is 0 Å². The van der Waals surface area contributed by atoms with Gasteiger partial charge in [-0.05, 0) is 42.8 Å². The van der Waals surface area contributed by atoms with Crippen LogP contribution in [0.25, 0.3) is 0 Å². The number of nitrogens with one attached hydrogen (secondary N) is 1. The Morgan fingerprint density at radius 1 is 1.00 bits per heavy atom. The van der Waals surface area contributed by atoms with E-state index in [1.807, 2.05) is 27.7 Å². The van der Waals surface area contributed by atoms with Gasteiger partial charge < -0.3 is 20.2 Å². The van der Waals surface area contributed by atoms with E-state index in [1.165, 1.54) is 38.7 Å². The standard InChI is InChI=1S/C30H34FN5O5/c1-18-6-8-20(9-7-18)28(40)35-14-15-36(29(41)23-17-24(30(2,3)4)33-34(23)5)27(35)26(39)32-22(16-25(37)38)19-10-12-21(31)13-11-19/h6-13,17,22,27H,14-16H2,1-5H3,(H,32,39)(H,37,38). The van der Waals surface area contributed by atoms with Crippen molar-refractivity contribution in [3.05, 3.63) is 88.5 Å². The number of aryl methyl sites for hydroxylation is 2. The Hall–Kier alpha value is -4.54. The maximum atomic E-state index is 13.9. The first kappa shape index (κ1) is 29.4. The molecule has 0 aliphatic carbocycles. The van der Waals surface area contributed by atoms with Crippen molar-refractivity contribution < 1.29 is 28.7 Å².